The van der Waals surface area contributed by atoms with Crippen LogP contribution in [0.4, 0.5) is 10.1 Å². The summed E-state index contributed by atoms with van der Waals surface area (Å²) in [5.41, 5.74) is 0.895. The summed E-state index contributed by atoms with van der Waals surface area (Å²) in [6.45, 7) is 3.98. The second-order valence-corrected chi connectivity index (χ2v) is 10.6. The van der Waals surface area contributed by atoms with Crippen LogP contribution in [0.1, 0.15) is 50.5 Å². The molecule has 7 nitrogen and oxygen atoms in total. The van der Waals surface area contributed by atoms with Crippen molar-refractivity contribution in [2.75, 3.05) is 4.72 Å². The standard InChI is InChI=1S/C25H28FN3O4S/c1-17-22(16-27-24(30)25(2)13-6-3-7-14-25)28-23(33-17)20-11-4-5-12-21(20)29-34(31,32)19-10-8-9-18(26)15-19/h4-5,8-12,15,29H,3,6-7,13-14,16H2,1-2H3,(H,27,30). The Morgan fingerprint density at radius 1 is 1.12 bits per heavy atom. The van der Waals surface area contributed by atoms with Crippen molar-refractivity contribution in [2.45, 2.75) is 57.4 Å². The third kappa shape index (κ3) is 5.14. The van der Waals surface area contributed by atoms with Crippen molar-refractivity contribution in [3.05, 3.63) is 65.8 Å². The van der Waals surface area contributed by atoms with Crippen molar-refractivity contribution >= 4 is 21.6 Å². The lowest BCUT2D eigenvalue weighted by Crippen LogP contribution is -2.40. The quantitative estimate of drug-likeness (QED) is 0.480. The Morgan fingerprint density at radius 3 is 2.59 bits per heavy atom. The van der Waals surface area contributed by atoms with E-state index in [2.05, 4.69) is 15.0 Å². The van der Waals surface area contributed by atoms with E-state index in [-0.39, 0.29) is 34.3 Å². The molecule has 4 rings (SSSR count). The summed E-state index contributed by atoms with van der Waals surface area (Å²) < 4.78 is 47.5. The third-order valence-corrected chi connectivity index (χ3v) is 7.69. The highest BCUT2D eigenvalue weighted by Gasteiger charge is 2.34. The van der Waals surface area contributed by atoms with Crippen LogP contribution in [0.3, 0.4) is 0 Å². The number of aromatic nitrogens is 1. The molecule has 0 unspecified atom stereocenters. The molecule has 2 N–H and O–H groups in total. The average Bonchev–Trinajstić information content (AvgIpc) is 3.18. The maximum atomic E-state index is 13.6. The Hall–Kier alpha value is -3.20. The number of sulfonamides is 1. The summed E-state index contributed by atoms with van der Waals surface area (Å²) in [5.74, 6) is 0.128. The first-order valence-corrected chi connectivity index (χ1v) is 12.8. The molecule has 0 atom stereocenters. The smallest absolute Gasteiger partial charge is 0.262 e. The van der Waals surface area contributed by atoms with E-state index >= 15 is 0 Å². The van der Waals surface area contributed by atoms with Crippen LogP contribution in [0.15, 0.2) is 57.8 Å². The normalized spacial score (nSPS) is 15.6. The topological polar surface area (TPSA) is 101 Å². The van der Waals surface area contributed by atoms with E-state index in [1.54, 1.807) is 31.2 Å². The van der Waals surface area contributed by atoms with Gasteiger partial charge in [-0.15, -0.1) is 0 Å². The number of carbonyl (C=O) groups is 1. The summed E-state index contributed by atoms with van der Waals surface area (Å²) in [7, 11) is -4.03. The number of carbonyl (C=O) groups excluding carboxylic acids is 1. The van der Waals surface area contributed by atoms with Gasteiger partial charge in [0.05, 0.1) is 22.7 Å². The van der Waals surface area contributed by atoms with Gasteiger partial charge in [-0.05, 0) is 50.1 Å². The fraction of sp³-hybridized carbons (Fsp3) is 0.360. The molecule has 0 saturated heterocycles. The number of rotatable bonds is 7. The molecular weight excluding hydrogens is 457 g/mol. The Kier molecular flexibility index (Phi) is 6.74. The van der Waals surface area contributed by atoms with E-state index in [1.165, 1.54) is 18.2 Å². The number of halogens is 1. The predicted molar refractivity (Wildman–Crippen MR) is 127 cm³/mol. The van der Waals surface area contributed by atoms with Gasteiger partial charge in [-0.1, -0.05) is 44.4 Å². The summed E-state index contributed by atoms with van der Waals surface area (Å²) in [6, 6.07) is 11.5. The maximum absolute atomic E-state index is 13.6. The number of hydrogen-bond acceptors (Lipinski definition) is 5. The monoisotopic (exact) mass is 485 g/mol. The molecule has 1 heterocycles. The highest BCUT2D eigenvalue weighted by Crippen LogP contribution is 2.36. The molecule has 180 valence electrons. The molecule has 0 bridgehead atoms. The minimum atomic E-state index is -4.03. The second kappa shape index (κ2) is 9.58. The van der Waals surface area contributed by atoms with Gasteiger partial charge in [-0.3, -0.25) is 9.52 Å². The van der Waals surface area contributed by atoms with Gasteiger partial charge in [0.1, 0.15) is 17.3 Å². The molecule has 0 aliphatic heterocycles. The number of amides is 1. The van der Waals surface area contributed by atoms with Crippen molar-refractivity contribution in [3.63, 3.8) is 0 Å². The molecule has 1 aromatic heterocycles. The molecule has 9 heteroatoms. The summed E-state index contributed by atoms with van der Waals surface area (Å²) in [6.07, 6.45) is 5.02. The van der Waals surface area contributed by atoms with E-state index in [1.807, 2.05) is 6.92 Å². The lowest BCUT2D eigenvalue weighted by molar-refractivity contribution is -0.132. The van der Waals surface area contributed by atoms with Gasteiger partial charge in [0.2, 0.25) is 11.8 Å². The van der Waals surface area contributed by atoms with Crippen LogP contribution in [-0.2, 0) is 21.4 Å². The summed E-state index contributed by atoms with van der Waals surface area (Å²) in [4.78, 5) is 17.1. The Bertz CT molecular complexity index is 1300. The molecule has 1 saturated carbocycles. The largest absolute Gasteiger partial charge is 0.441 e. The number of anilines is 1. The van der Waals surface area contributed by atoms with Gasteiger partial charge in [0.25, 0.3) is 10.0 Å². The Balaban J connectivity index is 1.54. The van der Waals surface area contributed by atoms with Crippen LogP contribution in [0.5, 0.6) is 0 Å². The van der Waals surface area contributed by atoms with Gasteiger partial charge in [-0.2, -0.15) is 0 Å². The van der Waals surface area contributed by atoms with Crippen LogP contribution in [0, 0.1) is 18.2 Å². The number of nitrogens with zero attached hydrogens (tertiary/aromatic N) is 1. The van der Waals surface area contributed by atoms with Crippen LogP contribution in [0.2, 0.25) is 0 Å². The minimum Gasteiger partial charge on any atom is -0.441 e. The van der Waals surface area contributed by atoms with Gasteiger partial charge < -0.3 is 9.73 Å². The first-order valence-electron chi connectivity index (χ1n) is 11.3. The van der Waals surface area contributed by atoms with Crippen LogP contribution in [-0.4, -0.2) is 19.3 Å². The van der Waals surface area contributed by atoms with E-state index in [0.29, 0.717) is 17.0 Å². The van der Waals surface area contributed by atoms with Gasteiger partial charge in [0.15, 0.2) is 0 Å². The number of nitrogens with one attached hydrogen (secondary N) is 2. The second-order valence-electron chi connectivity index (χ2n) is 8.93. The minimum absolute atomic E-state index is 0.0133. The molecule has 1 aliphatic carbocycles. The zero-order valence-electron chi connectivity index (χ0n) is 19.2. The fourth-order valence-electron chi connectivity index (χ4n) is 4.24. The Labute approximate surface area is 198 Å². The number of aryl methyl sites for hydroxylation is 1. The lowest BCUT2D eigenvalue weighted by atomic mass is 9.75. The van der Waals surface area contributed by atoms with E-state index in [0.717, 1.165) is 38.2 Å². The predicted octanol–water partition coefficient (Wildman–Crippen LogP) is 5.18. The SMILES string of the molecule is Cc1oc(-c2ccccc2NS(=O)(=O)c2cccc(F)c2)nc1CNC(=O)C1(C)CCCCC1. The van der Waals surface area contributed by atoms with Gasteiger partial charge in [0, 0.05) is 5.41 Å². The first-order chi connectivity index (χ1) is 16.2. The number of hydrogen-bond donors (Lipinski definition) is 2. The highest BCUT2D eigenvalue weighted by molar-refractivity contribution is 7.92. The molecule has 0 radical (unpaired) electrons. The van der Waals surface area contributed by atoms with Gasteiger partial charge in [-0.25, -0.2) is 17.8 Å². The molecule has 2 aromatic carbocycles. The third-order valence-electron chi connectivity index (χ3n) is 6.32. The van der Waals surface area contributed by atoms with Crippen molar-refractivity contribution in [1.29, 1.82) is 0 Å². The molecule has 1 fully saturated rings. The van der Waals surface area contributed by atoms with Crippen LogP contribution in [0.25, 0.3) is 11.5 Å². The average molecular weight is 486 g/mol. The lowest BCUT2D eigenvalue weighted by Gasteiger charge is -2.31. The molecule has 0 spiro atoms. The molecule has 1 amide bonds. The number of oxazole rings is 1. The van der Waals surface area contributed by atoms with Crippen molar-refractivity contribution in [2.24, 2.45) is 5.41 Å². The summed E-state index contributed by atoms with van der Waals surface area (Å²) >= 11 is 0. The zero-order chi connectivity index (χ0) is 24.3. The fourth-order valence-corrected chi connectivity index (χ4v) is 5.35. The van der Waals surface area contributed by atoms with E-state index in [9.17, 15) is 17.6 Å². The maximum Gasteiger partial charge on any atom is 0.262 e. The van der Waals surface area contributed by atoms with Crippen molar-refractivity contribution in [1.82, 2.24) is 10.3 Å². The van der Waals surface area contributed by atoms with Crippen molar-refractivity contribution in [3.8, 4) is 11.5 Å². The molecular formula is C25H28FN3O4S. The molecule has 34 heavy (non-hydrogen) atoms. The van der Waals surface area contributed by atoms with Gasteiger partial charge >= 0.3 is 0 Å². The highest BCUT2D eigenvalue weighted by atomic mass is 32.2. The van der Waals surface area contributed by atoms with Crippen LogP contribution < -0.4 is 10.0 Å². The van der Waals surface area contributed by atoms with E-state index < -0.39 is 15.8 Å². The van der Waals surface area contributed by atoms with Crippen LogP contribution >= 0.6 is 0 Å². The molecule has 3 aromatic rings. The number of para-hydroxylation sites is 1. The van der Waals surface area contributed by atoms with Crippen molar-refractivity contribution < 1.29 is 22.0 Å². The zero-order valence-corrected chi connectivity index (χ0v) is 20.0. The Morgan fingerprint density at radius 2 is 1.85 bits per heavy atom. The number of benzene rings is 2. The summed E-state index contributed by atoms with van der Waals surface area (Å²) in [5, 5.41) is 2.99. The molecule has 1 aliphatic rings. The first kappa shape index (κ1) is 23.9. The van der Waals surface area contributed by atoms with E-state index in [4.69, 9.17) is 4.42 Å².